The first-order valence-corrected chi connectivity index (χ1v) is 3.34. The Morgan fingerprint density at radius 3 is 2.17 bits per heavy atom. The molecule has 0 heterocycles. The Labute approximate surface area is 69.0 Å². The highest BCUT2D eigenvalue weighted by atomic mass is 16.4. The zero-order valence-electron chi connectivity index (χ0n) is 6.61. The average molecular weight is 174 g/mol. The van der Waals surface area contributed by atoms with E-state index in [2.05, 4.69) is 0 Å². The van der Waals surface area contributed by atoms with Crippen molar-refractivity contribution in [3.8, 4) is 0 Å². The van der Waals surface area contributed by atoms with E-state index < -0.39 is 17.4 Å². The molecule has 0 aliphatic heterocycles. The van der Waals surface area contributed by atoms with Crippen molar-refractivity contribution in [3.05, 3.63) is 0 Å². The third-order valence-corrected chi connectivity index (χ3v) is 1.61. The fraction of sp³-hybridized carbons (Fsp3) is 0.571. The molecule has 2 N–H and O–H groups in total. The lowest BCUT2D eigenvalue weighted by Crippen LogP contribution is -2.29. The summed E-state index contributed by atoms with van der Waals surface area (Å²) in [5.41, 5.74) is -1.57. The summed E-state index contributed by atoms with van der Waals surface area (Å²) < 4.78 is 0. The van der Waals surface area contributed by atoms with Crippen molar-refractivity contribution in [2.75, 3.05) is 0 Å². The minimum absolute atomic E-state index is 0.179. The topological polar surface area (TPSA) is 91.7 Å². The second-order valence-corrected chi connectivity index (χ2v) is 2.73. The highest BCUT2D eigenvalue weighted by molar-refractivity contribution is 5.91. The Hall–Kier alpha value is -1.39. The summed E-state index contributed by atoms with van der Waals surface area (Å²) >= 11 is 0. The maximum absolute atomic E-state index is 10.4. The van der Waals surface area contributed by atoms with Crippen LogP contribution < -0.4 is 0 Å². The predicted octanol–water partition coefficient (Wildman–Crippen LogP) is 0.141. The van der Waals surface area contributed by atoms with Gasteiger partial charge >= 0.3 is 11.9 Å². The van der Waals surface area contributed by atoms with Crippen LogP contribution in [0.4, 0.5) is 0 Å². The van der Waals surface area contributed by atoms with Crippen LogP contribution >= 0.6 is 0 Å². The Morgan fingerprint density at radius 2 is 1.92 bits per heavy atom. The van der Waals surface area contributed by atoms with E-state index >= 15 is 0 Å². The van der Waals surface area contributed by atoms with Gasteiger partial charge in [-0.2, -0.15) is 0 Å². The minimum Gasteiger partial charge on any atom is -0.481 e. The quantitative estimate of drug-likeness (QED) is 0.457. The number of aliphatic carboxylic acids is 2. The molecule has 0 rings (SSSR count). The van der Waals surface area contributed by atoms with Gasteiger partial charge in [0.05, 0.1) is 0 Å². The molecule has 1 atom stereocenters. The van der Waals surface area contributed by atoms with Gasteiger partial charge in [-0.05, 0) is 13.3 Å². The number of carboxylic acid groups (broad SMARTS) is 2. The van der Waals surface area contributed by atoms with Crippen LogP contribution in [-0.2, 0) is 14.4 Å². The Bertz CT molecular complexity index is 210. The molecule has 5 nitrogen and oxygen atoms in total. The molecular weight excluding hydrogens is 164 g/mol. The van der Waals surface area contributed by atoms with Gasteiger partial charge in [0.1, 0.15) is 11.7 Å². The molecule has 68 valence electrons. The molecule has 0 saturated heterocycles. The maximum Gasteiger partial charge on any atom is 0.316 e. The van der Waals surface area contributed by atoms with E-state index in [4.69, 9.17) is 10.2 Å². The van der Waals surface area contributed by atoms with Crippen molar-refractivity contribution in [3.63, 3.8) is 0 Å². The lowest BCUT2D eigenvalue weighted by atomic mass is 9.87. The molecule has 5 heteroatoms. The second-order valence-electron chi connectivity index (χ2n) is 2.73. The molecule has 12 heavy (non-hydrogen) atoms. The predicted molar refractivity (Wildman–Crippen MR) is 38.7 cm³/mol. The number of hydrogen-bond donors (Lipinski definition) is 2. The van der Waals surface area contributed by atoms with Crippen molar-refractivity contribution in [2.24, 2.45) is 5.41 Å². The van der Waals surface area contributed by atoms with Gasteiger partial charge in [0.2, 0.25) is 0 Å². The number of carbonyl (C=O) groups is 3. The summed E-state index contributed by atoms with van der Waals surface area (Å²) in [7, 11) is 0. The van der Waals surface area contributed by atoms with Crippen LogP contribution in [0.5, 0.6) is 0 Å². The Morgan fingerprint density at radius 1 is 1.42 bits per heavy atom. The van der Waals surface area contributed by atoms with E-state index in [-0.39, 0.29) is 19.1 Å². The third kappa shape index (κ3) is 2.69. The number of aldehydes is 1. The third-order valence-electron chi connectivity index (χ3n) is 1.61. The summed E-state index contributed by atoms with van der Waals surface area (Å²) in [6.07, 6.45) is -0.235. The fourth-order valence-electron chi connectivity index (χ4n) is 0.583. The van der Waals surface area contributed by atoms with Gasteiger partial charge in [0, 0.05) is 6.42 Å². The van der Waals surface area contributed by atoms with Crippen molar-refractivity contribution >= 4 is 18.2 Å². The average Bonchev–Trinajstić information content (AvgIpc) is 1.99. The van der Waals surface area contributed by atoms with Crippen molar-refractivity contribution in [1.29, 1.82) is 0 Å². The van der Waals surface area contributed by atoms with Gasteiger partial charge in [-0.15, -0.1) is 0 Å². The summed E-state index contributed by atoms with van der Waals surface area (Å²) in [5, 5.41) is 16.8. The van der Waals surface area contributed by atoms with E-state index in [9.17, 15) is 14.4 Å². The normalized spacial score (nSPS) is 14.8. The first kappa shape index (κ1) is 10.6. The van der Waals surface area contributed by atoms with Crippen molar-refractivity contribution < 1.29 is 24.6 Å². The first-order chi connectivity index (χ1) is 5.42. The highest BCUT2D eigenvalue weighted by Crippen LogP contribution is 2.20. The number of rotatable bonds is 5. The lowest BCUT2D eigenvalue weighted by molar-refractivity contribution is -0.151. The van der Waals surface area contributed by atoms with Crippen LogP contribution in [0.2, 0.25) is 0 Å². The van der Waals surface area contributed by atoms with Crippen LogP contribution in [0.15, 0.2) is 0 Å². The summed E-state index contributed by atoms with van der Waals surface area (Å²) in [6.45, 7) is 1.20. The van der Waals surface area contributed by atoms with Crippen LogP contribution in [0, 0.1) is 5.41 Å². The molecule has 0 aromatic carbocycles. The second kappa shape index (κ2) is 3.85. The Balaban J connectivity index is 4.25. The molecule has 1 unspecified atom stereocenters. The standard InChI is InChI=1S/C7H10O5/c1-7(4-8,6(11)12)3-2-5(9)10/h4H,2-3H2,1H3,(H,9,10)(H,11,12). The number of carboxylic acids is 2. The largest absolute Gasteiger partial charge is 0.481 e. The van der Waals surface area contributed by atoms with Crippen LogP contribution in [0.25, 0.3) is 0 Å². The van der Waals surface area contributed by atoms with Crippen molar-refractivity contribution in [1.82, 2.24) is 0 Å². The van der Waals surface area contributed by atoms with Gasteiger partial charge in [-0.25, -0.2) is 0 Å². The molecule has 0 aliphatic carbocycles. The first-order valence-electron chi connectivity index (χ1n) is 3.34. The number of hydrogen-bond acceptors (Lipinski definition) is 3. The molecule has 0 bridgehead atoms. The zero-order valence-corrected chi connectivity index (χ0v) is 6.61. The molecule has 0 spiro atoms. The molecular formula is C7H10O5. The molecule has 0 aromatic rings. The summed E-state index contributed by atoms with van der Waals surface area (Å²) in [5.74, 6) is -2.40. The van der Waals surface area contributed by atoms with Crippen molar-refractivity contribution in [2.45, 2.75) is 19.8 Å². The molecule has 0 amide bonds. The van der Waals surface area contributed by atoms with E-state index in [0.717, 1.165) is 0 Å². The Kier molecular flexibility index (Phi) is 3.40. The van der Waals surface area contributed by atoms with Gasteiger partial charge in [0.15, 0.2) is 0 Å². The maximum atomic E-state index is 10.4. The van der Waals surface area contributed by atoms with Gasteiger partial charge in [-0.1, -0.05) is 0 Å². The molecule has 0 radical (unpaired) electrons. The summed E-state index contributed by atoms with van der Waals surface area (Å²) in [6, 6.07) is 0. The molecule has 0 aliphatic rings. The number of carbonyl (C=O) groups excluding carboxylic acids is 1. The lowest BCUT2D eigenvalue weighted by Gasteiger charge is -2.15. The van der Waals surface area contributed by atoms with Crippen LogP contribution in [0.3, 0.4) is 0 Å². The smallest absolute Gasteiger partial charge is 0.316 e. The highest BCUT2D eigenvalue weighted by Gasteiger charge is 2.32. The van der Waals surface area contributed by atoms with Crippen LogP contribution in [-0.4, -0.2) is 28.4 Å². The van der Waals surface area contributed by atoms with Gasteiger partial charge in [-0.3, -0.25) is 9.59 Å². The SMILES string of the molecule is CC(C=O)(CCC(=O)O)C(=O)O. The van der Waals surface area contributed by atoms with E-state index in [1.54, 1.807) is 0 Å². The van der Waals surface area contributed by atoms with Crippen LogP contribution in [0.1, 0.15) is 19.8 Å². The van der Waals surface area contributed by atoms with Gasteiger partial charge < -0.3 is 15.0 Å². The van der Waals surface area contributed by atoms with Gasteiger partial charge in [0.25, 0.3) is 0 Å². The minimum atomic E-state index is -1.57. The zero-order chi connectivity index (χ0) is 9.78. The molecule has 0 saturated carbocycles. The van der Waals surface area contributed by atoms with E-state index in [1.165, 1.54) is 6.92 Å². The molecule has 0 aromatic heterocycles. The summed E-state index contributed by atoms with van der Waals surface area (Å²) in [4.78, 5) is 30.8. The fourth-order valence-corrected chi connectivity index (χ4v) is 0.583. The van der Waals surface area contributed by atoms with E-state index in [0.29, 0.717) is 0 Å². The van der Waals surface area contributed by atoms with E-state index in [1.807, 2.05) is 0 Å². The monoisotopic (exact) mass is 174 g/mol. The molecule has 0 fully saturated rings.